The number of halogens is 1. The van der Waals surface area contributed by atoms with E-state index in [-0.39, 0.29) is 6.04 Å². The Bertz CT molecular complexity index is 443. The lowest BCUT2D eigenvalue weighted by Crippen LogP contribution is -2.32. The third-order valence-electron chi connectivity index (χ3n) is 4.11. The van der Waals surface area contributed by atoms with Gasteiger partial charge in [-0.05, 0) is 48.8 Å². The summed E-state index contributed by atoms with van der Waals surface area (Å²) in [7, 11) is 0. The Kier molecular flexibility index (Phi) is 6.91. The number of rotatable bonds is 6. The summed E-state index contributed by atoms with van der Waals surface area (Å²) < 4.78 is 0. The highest BCUT2D eigenvalue weighted by atomic mass is 35.5. The maximum Gasteiger partial charge on any atom is 0.190 e. The smallest absolute Gasteiger partial charge is 0.190 e. The van der Waals surface area contributed by atoms with E-state index in [0.29, 0.717) is 17.5 Å². The third-order valence-corrected chi connectivity index (χ3v) is 5.14. The van der Waals surface area contributed by atoms with Gasteiger partial charge in [-0.15, -0.1) is 0 Å². The van der Waals surface area contributed by atoms with Crippen LogP contribution < -0.4 is 5.32 Å². The highest BCUT2D eigenvalue weighted by Gasteiger charge is 2.25. The number of carbonyl (C=O) groups is 1. The summed E-state index contributed by atoms with van der Waals surface area (Å²) >= 11 is 7.37. The second-order valence-corrected chi connectivity index (χ2v) is 7.42. The van der Waals surface area contributed by atoms with Crippen LogP contribution in [-0.2, 0) is 4.79 Å². The van der Waals surface area contributed by atoms with Crippen molar-refractivity contribution in [1.82, 2.24) is 0 Å². The van der Waals surface area contributed by atoms with E-state index in [4.69, 9.17) is 11.6 Å². The van der Waals surface area contributed by atoms with Crippen molar-refractivity contribution in [1.29, 1.82) is 0 Å². The topological polar surface area (TPSA) is 29.1 Å². The summed E-state index contributed by atoms with van der Waals surface area (Å²) in [4.78, 5) is 12.0. The van der Waals surface area contributed by atoms with Crippen molar-refractivity contribution >= 4 is 34.2 Å². The number of hydrogen-bond acceptors (Lipinski definition) is 3. The van der Waals surface area contributed by atoms with Crippen LogP contribution in [0.25, 0.3) is 0 Å². The Morgan fingerprint density at radius 3 is 2.57 bits per heavy atom. The van der Waals surface area contributed by atoms with E-state index in [9.17, 15) is 4.79 Å². The number of hydrogen-bond donors (Lipinski definition) is 1. The van der Waals surface area contributed by atoms with Gasteiger partial charge in [0, 0.05) is 23.2 Å². The number of anilines is 1. The van der Waals surface area contributed by atoms with Crippen molar-refractivity contribution in [3.8, 4) is 0 Å². The molecule has 0 aromatic heterocycles. The highest BCUT2D eigenvalue weighted by Crippen LogP contribution is 2.31. The molecule has 4 heteroatoms. The zero-order valence-electron chi connectivity index (χ0n) is 12.6. The minimum absolute atomic E-state index is 0.248. The molecule has 0 heterocycles. The van der Waals surface area contributed by atoms with Crippen LogP contribution in [0.15, 0.2) is 24.3 Å². The summed E-state index contributed by atoms with van der Waals surface area (Å²) in [5, 5.41) is 4.62. The molecule has 0 spiro atoms. The molecule has 116 valence electrons. The van der Waals surface area contributed by atoms with Crippen molar-refractivity contribution in [2.75, 3.05) is 11.1 Å². The van der Waals surface area contributed by atoms with E-state index < -0.39 is 0 Å². The molecule has 2 nitrogen and oxygen atoms in total. The first kappa shape index (κ1) is 16.7. The summed E-state index contributed by atoms with van der Waals surface area (Å²) in [5.41, 5.74) is 1.06. The van der Waals surface area contributed by atoms with E-state index in [2.05, 4.69) is 5.32 Å². The predicted molar refractivity (Wildman–Crippen MR) is 93.2 cm³/mol. The lowest BCUT2D eigenvalue weighted by Gasteiger charge is -2.31. The molecule has 1 atom stereocenters. The molecule has 1 aliphatic rings. The molecule has 1 aliphatic carbocycles. The number of nitrogens with one attached hydrogen (secondary N) is 1. The van der Waals surface area contributed by atoms with E-state index in [1.54, 1.807) is 0 Å². The monoisotopic (exact) mass is 325 g/mol. The molecule has 1 fully saturated rings. The fourth-order valence-corrected chi connectivity index (χ4v) is 3.78. The minimum atomic E-state index is 0.248. The van der Waals surface area contributed by atoms with Crippen molar-refractivity contribution < 1.29 is 4.79 Å². The van der Waals surface area contributed by atoms with Gasteiger partial charge in [0.2, 0.25) is 0 Å². The van der Waals surface area contributed by atoms with Crippen LogP contribution in [0.1, 0.15) is 45.4 Å². The van der Waals surface area contributed by atoms with E-state index in [1.165, 1.54) is 43.9 Å². The number of carbonyl (C=O) groups excluding carboxylic acids is 1. The summed E-state index contributed by atoms with van der Waals surface area (Å²) in [5.74, 6) is 1.47. The van der Waals surface area contributed by atoms with Crippen molar-refractivity contribution in [3.05, 3.63) is 29.3 Å². The molecule has 1 aromatic rings. The third kappa shape index (κ3) is 5.55. The molecule has 1 N–H and O–H groups in total. The van der Waals surface area contributed by atoms with Gasteiger partial charge in [0.05, 0.1) is 0 Å². The lowest BCUT2D eigenvalue weighted by atomic mass is 9.82. The van der Waals surface area contributed by atoms with Gasteiger partial charge in [-0.1, -0.05) is 49.5 Å². The van der Waals surface area contributed by atoms with Crippen LogP contribution in [0.4, 0.5) is 5.69 Å². The van der Waals surface area contributed by atoms with Gasteiger partial charge in [-0.3, -0.25) is 4.79 Å². The Hall–Kier alpha value is -0.670. The molecular formula is C17H24ClNOS. The quantitative estimate of drug-likeness (QED) is 0.762. The molecule has 0 amide bonds. The van der Waals surface area contributed by atoms with Gasteiger partial charge in [-0.25, -0.2) is 0 Å². The summed E-state index contributed by atoms with van der Waals surface area (Å²) in [6.45, 7) is 2.03. The van der Waals surface area contributed by atoms with Crippen molar-refractivity contribution in [3.63, 3.8) is 0 Å². The SMILES string of the molecule is CCSC(=O)CC(Nc1ccc(Cl)cc1)C1CCCCC1. The molecular weight excluding hydrogens is 302 g/mol. The fraction of sp³-hybridized carbons (Fsp3) is 0.588. The van der Waals surface area contributed by atoms with Gasteiger partial charge in [0.25, 0.3) is 0 Å². The summed E-state index contributed by atoms with van der Waals surface area (Å²) in [6.07, 6.45) is 7.00. The van der Waals surface area contributed by atoms with E-state index in [1.807, 2.05) is 31.2 Å². The Labute approximate surface area is 137 Å². The van der Waals surface area contributed by atoms with E-state index in [0.717, 1.165) is 16.5 Å². The fourth-order valence-electron chi connectivity index (χ4n) is 3.03. The molecule has 1 unspecified atom stereocenters. The zero-order chi connectivity index (χ0) is 15.1. The second kappa shape index (κ2) is 8.70. The Morgan fingerprint density at radius 2 is 1.95 bits per heavy atom. The minimum Gasteiger partial charge on any atom is -0.382 e. The summed E-state index contributed by atoms with van der Waals surface area (Å²) in [6, 6.07) is 8.03. The van der Waals surface area contributed by atoms with Crippen molar-refractivity contribution in [2.24, 2.45) is 5.92 Å². The van der Waals surface area contributed by atoms with Crippen LogP contribution in [0, 0.1) is 5.92 Å². The van der Waals surface area contributed by atoms with Gasteiger partial charge in [0.15, 0.2) is 5.12 Å². The average molecular weight is 326 g/mol. The first-order chi connectivity index (χ1) is 10.2. The predicted octanol–water partition coefficient (Wildman–Crippen LogP) is 5.37. The second-order valence-electron chi connectivity index (χ2n) is 5.66. The van der Waals surface area contributed by atoms with Crippen LogP contribution in [0.5, 0.6) is 0 Å². The Morgan fingerprint density at radius 1 is 1.29 bits per heavy atom. The first-order valence-corrected chi connectivity index (χ1v) is 9.23. The standard InChI is InChI=1S/C17H24ClNOS/c1-2-21-17(20)12-16(13-6-4-3-5-7-13)19-15-10-8-14(18)9-11-15/h8-11,13,16,19H,2-7,12H2,1H3. The van der Waals surface area contributed by atoms with Crippen LogP contribution >= 0.6 is 23.4 Å². The highest BCUT2D eigenvalue weighted by molar-refractivity contribution is 8.13. The normalized spacial score (nSPS) is 17.4. The van der Waals surface area contributed by atoms with Crippen LogP contribution in [0.3, 0.4) is 0 Å². The van der Waals surface area contributed by atoms with Gasteiger partial charge in [-0.2, -0.15) is 0 Å². The van der Waals surface area contributed by atoms with Gasteiger partial charge in [0.1, 0.15) is 0 Å². The first-order valence-electron chi connectivity index (χ1n) is 7.86. The maximum absolute atomic E-state index is 12.0. The molecule has 0 saturated heterocycles. The van der Waals surface area contributed by atoms with Crippen LogP contribution in [-0.4, -0.2) is 16.9 Å². The molecule has 21 heavy (non-hydrogen) atoms. The number of benzene rings is 1. The van der Waals surface area contributed by atoms with Gasteiger partial charge >= 0.3 is 0 Å². The lowest BCUT2D eigenvalue weighted by molar-refractivity contribution is -0.111. The van der Waals surface area contributed by atoms with Crippen LogP contribution in [0.2, 0.25) is 5.02 Å². The maximum atomic E-state index is 12.0. The number of thioether (sulfide) groups is 1. The van der Waals surface area contributed by atoms with Gasteiger partial charge < -0.3 is 5.32 Å². The van der Waals surface area contributed by atoms with Crippen molar-refractivity contribution in [2.45, 2.75) is 51.5 Å². The molecule has 0 aliphatic heterocycles. The molecule has 1 aromatic carbocycles. The largest absolute Gasteiger partial charge is 0.382 e. The van der Waals surface area contributed by atoms with E-state index >= 15 is 0 Å². The zero-order valence-corrected chi connectivity index (χ0v) is 14.2. The average Bonchev–Trinajstić information content (AvgIpc) is 2.50. The molecule has 0 radical (unpaired) electrons. The molecule has 1 saturated carbocycles. The Balaban J connectivity index is 2.02. The molecule has 0 bridgehead atoms. The molecule has 2 rings (SSSR count).